The van der Waals surface area contributed by atoms with Crippen LogP contribution in [0.2, 0.25) is 0 Å². The molecule has 0 aliphatic heterocycles. The molecule has 1 nitrogen and oxygen atoms in total. The molecule has 0 bridgehead atoms. The minimum atomic E-state index is 0. The predicted octanol–water partition coefficient (Wildman–Crippen LogP) is 2.97. The van der Waals surface area contributed by atoms with Crippen molar-refractivity contribution in [2.45, 2.75) is 52.4 Å². The molecule has 0 aromatic heterocycles. The molecule has 0 heterocycles. The summed E-state index contributed by atoms with van der Waals surface area (Å²) in [5, 5.41) is 8.51. The zero-order chi connectivity index (χ0) is 8.53. The first kappa shape index (κ1) is 15.3. The van der Waals surface area contributed by atoms with Crippen molar-refractivity contribution in [1.82, 2.24) is 0 Å². The van der Waals surface area contributed by atoms with E-state index < -0.39 is 0 Å². The van der Waals surface area contributed by atoms with Gasteiger partial charge in [-0.05, 0) is 12.3 Å². The van der Waals surface area contributed by atoms with Crippen molar-refractivity contribution in [2.75, 3.05) is 6.61 Å². The van der Waals surface area contributed by atoms with E-state index in [0.29, 0.717) is 6.61 Å². The molecule has 1 N–H and O–H groups in total. The Balaban J connectivity index is 0. The van der Waals surface area contributed by atoms with Crippen molar-refractivity contribution in [1.29, 1.82) is 0 Å². The van der Waals surface area contributed by atoms with Crippen LogP contribution in [0.3, 0.4) is 0 Å². The zero-order valence-corrected chi connectivity index (χ0v) is 10.9. The third-order valence-corrected chi connectivity index (χ3v) is 1.94. The van der Waals surface area contributed by atoms with Crippen molar-refractivity contribution in [3.63, 3.8) is 0 Å². The smallest absolute Gasteiger partial charge is 0.0431 e. The van der Waals surface area contributed by atoms with E-state index in [0.717, 1.165) is 12.3 Å². The number of aliphatic hydroxyl groups is 1. The van der Waals surface area contributed by atoms with Gasteiger partial charge in [-0.25, -0.2) is 0 Å². The van der Waals surface area contributed by atoms with Crippen molar-refractivity contribution in [3.05, 3.63) is 0 Å². The Morgan fingerprint density at radius 1 is 0.917 bits per heavy atom. The Hall–Kier alpha value is 0.843. The van der Waals surface area contributed by atoms with Gasteiger partial charge in [0.15, 0.2) is 0 Å². The Bertz CT molecular complexity index is 74.2. The van der Waals surface area contributed by atoms with E-state index in [1.807, 2.05) is 0 Å². The van der Waals surface area contributed by atoms with Crippen LogP contribution in [0.15, 0.2) is 0 Å². The van der Waals surface area contributed by atoms with Gasteiger partial charge in [0.05, 0.1) is 0 Å². The molecule has 2 heteroatoms. The zero-order valence-electron chi connectivity index (χ0n) is 8.47. The molecule has 0 radical (unpaired) electrons. The number of rotatable bonds is 7. The van der Waals surface area contributed by atoms with Crippen LogP contribution in [0.4, 0.5) is 0 Å². The molecule has 72 valence electrons. The molecule has 0 aliphatic rings. The van der Waals surface area contributed by atoms with E-state index in [-0.39, 0.29) is 26.2 Å². The number of aliphatic hydroxyl groups excluding tert-OH is 1. The molecular formula is C10H22OZr. The summed E-state index contributed by atoms with van der Waals surface area (Å²) in [7, 11) is 0. The van der Waals surface area contributed by atoms with Crippen LogP contribution in [-0.2, 0) is 26.2 Å². The van der Waals surface area contributed by atoms with Crippen LogP contribution < -0.4 is 0 Å². The second kappa shape index (κ2) is 11.8. The average Bonchev–Trinajstić information content (AvgIpc) is 1.96. The van der Waals surface area contributed by atoms with Gasteiger partial charge in [0, 0.05) is 32.8 Å². The molecule has 0 unspecified atom stereocenters. The summed E-state index contributed by atoms with van der Waals surface area (Å²) in [6.45, 7) is 4.91. The van der Waals surface area contributed by atoms with E-state index >= 15 is 0 Å². The Morgan fingerprint density at radius 3 is 1.92 bits per heavy atom. The van der Waals surface area contributed by atoms with E-state index in [1.165, 1.54) is 32.1 Å². The van der Waals surface area contributed by atoms with E-state index in [1.54, 1.807) is 0 Å². The number of hydrogen-bond donors (Lipinski definition) is 1. The molecule has 0 atom stereocenters. The topological polar surface area (TPSA) is 20.2 Å². The Kier molecular flexibility index (Phi) is 15.1. The first-order valence-corrected chi connectivity index (χ1v) is 4.88. The largest absolute Gasteiger partial charge is 0.396 e. The molecule has 0 saturated heterocycles. The van der Waals surface area contributed by atoms with Crippen molar-refractivity contribution >= 4 is 0 Å². The van der Waals surface area contributed by atoms with Crippen LogP contribution in [-0.4, -0.2) is 11.7 Å². The fourth-order valence-electron chi connectivity index (χ4n) is 1.19. The minimum absolute atomic E-state index is 0. The number of hydrogen-bond acceptors (Lipinski definition) is 1. The molecule has 0 rings (SSSR count). The second-order valence-corrected chi connectivity index (χ2v) is 3.67. The molecule has 0 spiro atoms. The molecular weight excluding hydrogens is 227 g/mol. The van der Waals surface area contributed by atoms with Gasteiger partial charge >= 0.3 is 0 Å². The van der Waals surface area contributed by atoms with Gasteiger partial charge in [0.2, 0.25) is 0 Å². The summed E-state index contributed by atoms with van der Waals surface area (Å²) < 4.78 is 0. The van der Waals surface area contributed by atoms with Gasteiger partial charge in [0.1, 0.15) is 0 Å². The maximum Gasteiger partial charge on any atom is 0.0431 e. The van der Waals surface area contributed by atoms with Crippen LogP contribution >= 0.6 is 0 Å². The number of unbranched alkanes of at least 4 members (excludes halogenated alkanes) is 4. The van der Waals surface area contributed by atoms with Gasteiger partial charge in [-0.2, -0.15) is 0 Å². The fraction of sp³-hybridized carbons (Fsp3) is 1.00. The quantitative estimate of drug-likeness (QED) is 0.688. The Labute approximate surface area is 96.1 Å². The molecule has 0 amide bonds. The first-order valence-electron chi connectivity index (χ1n) is 4.88. The van der Waals surface area contributed by atoms with Crippen LogP contribution in [0.5, 0.6) is 0 Å². The maximum absolute atomic E-state index is 8.51. The summed E-state index contributed by atoms with van der Waals surface area (Å²) in [5.41, 5.74) is 0. The summed E-state index contributed by atoms with van der Waals surface area (Å²) in [6.07, 6.45) is 7.56. The summed E-state index contributed by atoms with van der Waals surface area (Å²) in [4.78, 5) is 0. The molecule has 12 heavy (non-hydrogen) atoms. The van der Waals surface area contributed by atoms with E-state index in [9.17, 15) is 0 Å². The molecule has 0 aliphatic carbocycles. The maximum atomic E-state index is 8.51. The summed E-state index contributed by atoms with van der Waals surface area (Å²) >= 11 is 0. The van der Waals surface area contributed by atoms with Crippen LogP contribution in [0.1, 0.15) is 52.4 Å². The van der Waals surface area contributed by atoms with Crippen molar-refractivity contribution in [3.8, 4) is 0 Å². The van der Waals surface area contributed by atoms with E-state index in [4.69, 9.17) is 5.11 Å². The van der Waals surface area contributed by atoms with Crippen LogP contribution in [0, 0.1) is 5.92 Å². The van der Waals surface area contributed by atoms with Gasteiger partial charge in [-0.15, -0.1) is 0 Å². The van der Waals surface area contributed by atoms with Gasteiger partial charge in [0.25, 0.3) is 0 Å². The van der Waals surface area contributed by atoms with Crippen molar-refractivity contribution < 1.29 is 31.3 Å². The van der Waals surface area contributed by atoms with Crippen LogP contribution in [0.25, 0.3) is 0 Å². The van der Waals surface area contributed by atoms with Gasteiger partial charge in [-0.3, -0.25) is 0 Å². The molecule has 0 aromatic rings. The van der Waals surface area contributed by atoms with Gasteiger partial charge < -0.3 is 5.11 Å². The SMILES string of the molecule is CC(C)CCCCCCCO.[Zr]. The third kappa shape index (κ3) is 13.4. The predicted molar refractivity (Wildman–Crippen MR) is 49.6 cm³/mol. The molecule has 0 fully saturated rings. The van der Waals surface area contributed by atoms with E-state index in [2.05, 4.69) is 13.8 Å². The van der Waals surface area contributed by atoms with Gasteiger partial charge in [-0.1, -0.05) is 46.0 Å². The average molecular weight is 250 g/mol. The third-order valence-electron chi connectivity index (χ3n) is 1.94. The standard InChI is InChI=1S/C10H22O.Zr/c1-10(2)8-6-4-3-5-7-9-11;/h10-11H,3-9H2,1-2H3;. The Morgan fingerprint density at radius 2 is 1.42 bits per heavy atom. The molecule has 0 saturated carbocycles. The normalized spacial score (nSPS) is 10.0. The second-order valence-electron chi connectivity index (χ2n) is 3.67. The monoisotopic (exact) mass is 248 g/mol. The fourth-order valence-corrected chi connectivity index (χ4v) is 1.19. The first-order chi connectivity index (χ1) is 5.27. The van der Waals surface area contributed by atoms with Crippen molar-refractivity contribution in [2.24, 2.45) is 5.92 Å². The molecule has 0 aromatic carbocycles. The summed E-state index contributed by atoms with van der Waals surface area (Å²) in [6, 6.07) is 0. The summed E-state index contributed by atoms with van der Waals surface area (Å²) in [5.74, 6) is 0.854. The minimum Gasteiger partial charge on any atom is -0.396 e.